The average Bonchev–Trinajstić information content (AvgIpc) is 3.26. The Balaban J connectivity index is 1.29. The minimum Gasteiger partial charge on any atom is -0.489 e. The van der Waals surface area contributed by atoms with Crippen LogP contribution in [0.5, 0.6) is 23.0 Å². The van der Waals surface area contributed by atoms with Crippen LogP contribution >= 0.6 is 0 Å². The number of hydrogen-bond acceptors (Lipinski definition) is 5. The lowest BCUT2D eigenvalue weighted by Gasteiger charge is -2.15. The molecule has 144 valence electrons. The molecule has 0 aromatic heterocycles. The number of likely N-dealkylation sites (tertiary alicyclic amines) is 2. The summed E-state index contributed by atoms with van der Waals surface area (Å²) in [7, 11) is 4.26. The first-order valence-electron chi connectivity index (χ1n) is 9.72. The molecule has 5 heteroatoms. The second kappa shape index (κ2) is 8.19. The smallest absolute Gasteiger partial charge is 0.127 e. The van der Waals surface area contributed by atoms with Crippen molar-refractivity contribution in [3.05, 3.63) is 48.5 Å². The summed E-state index contributed by atoms with van der Waals surface area (Å²) in [6.07, 6.45) is 2.74. The molecule has 0 spiro atoms. The van der Waals surface area contributed by atoms with Crippen LogP contribution in [0.15, 0.2) is 48.5 Å². The first kappa shape index (κ1) is 18.1. The van der Waals surface area contributed by atoms with E-state index in [1.807, 2.05) is 48.5 Å². The van der Waals surface area contributed by atoms with Crippen LogP contribution in [-0.2, 0) is 0 Å². The number of ether oxygens (including phenoxy) is 3. The molecule has 2 aliphatic rings. The Kier molecular flexibility index (Phi) is 5.50. The molecule has 2 heterocycles. The van der Waals surface area contributed by atoms with Gasteiger partial charge in [0.25, 0.3) is 0 Å². The Bertz CT molecular complexity index is 669. The van der Waals surface area contributed by atoms with E-state index in [0.717, 1.165) is 62.0 Å². The van der Waals surface area contributed by atoms with Crippen LogP contribution in [0.4, 0.5) is 0 Å². The third-order valence-electron chi connectivity index (χ3n) is 5.18. The molecule has 2 aliphatic heterocycles. The second-order valence-corrected chi connectivity index (χ2v) is 7.63. The predicted molar refractivity (Wildman–Crippen MR) is 106 cm³/mol. The van der Waals surface area contributed by atoms with Crippen molar-refractivity contribution in [2.45, 2.75) is 25.0 Å². The molecule has 4 rings (SSSR count). The molecule has 0 radical (unpaired) electrons. The first-order chi connectivity index (χ1) is 13.1. The van der Waals surface area contributed by atoms with Crippen molar-refractivity contribution in [1.29, 1.82) is 0 Å². The largest absolute Gasteiger partial charge is 0.489 e. The molecule has 0 bridgehead atoms. The summed E-state index contributed by atoms with van der Waals surface area (Å²) in [6.45, 7) is 4.18. The lowest BCUT2D eigenvalue weighted by molar-refractivity contribution is 0.208. The molecule has 0 saturated carbocycles. The zero-order valence-electron chi connectivity index (χ0n) is 16.1. The summed E-state index contributed by atoms with van der Waals surface area (Å²) < 4.78 is 18.0. The maximum Gasteiger partial charge on any atom is 0.127 e. The Morgan fingerprint density at radius 1 is 0.630 bits per heavy atom. The van der Waals surface area contributed by atoms with Crippen LogP contribution in [0.25, 0.3) is 0 Å². The highest BCUT2D eigenvalue weighted by Crippen LogP contribution is 2.27. The van der Waals surface area contributed by atoms with Crippen LogP contribution in [0.2, 0.25) is 0 Å². The molecule has 0 aliphatic carbocycles. The number of benzene rings is 2. The normalized spacial score (nSPS) is 23.5. The highest BCUT2D eigenvalue weighted by molar-refractivity contribution is 5.37. The van der Waals surface area contributed by atoms with E-state index in [1.165, 1.54) is 0 Å². The van der Waals surface area contributed by atoms with Crippen molar-refractivity contribution in [3.8, 4) is 23.0 Å². The van der Waals surface area contributed by atoms with Gasteiger partial charge in [0.05, 0.1) is 0 Å². The first-order valence-corrected chi connectivity index (χ1v) is 9.72. The van der Waals surface area contributed by atoms with E-state index >= 15 is 0 Å². The molecular formula is C22H28N2O3. The van der Waals surface area contributed by atoms with Gasteiger partial charge in [-0.2, -0.15) is 0 Å². The summed E-state index contributed by atoms with van der Waals surface area (Å²) in [5.41, 5.74) is 0. The highest BCUT2D eigenvalue weighted by atomic mass is 16.5. The van der Waals surface area contributed by atoms with E-state index in [2.05, 4.69) is 23.9 Å². The molecular weight excluding hydrogens is 340 g/mol. The lowest BCUT2D eigenvalue weighted by Crippen LogP contribution is -2.21. The van der Waals surface area contributed by atoms with Crippen LogP contribution < -0.4 is 14.2 Å². The number of nitrogens with zero attached hydrogens (tertiary/aromatic N) is 2. The number of rotatable bonds is 6. The van der Waals surface area contributed by atoms with Gasteiger partial charge < -0.3 is 24.0 Å². The quantitative estimate of drug-likeness (QED) is 0.778. The zero-order chi connectivity index (χ0) is 18.6. The monoisotopic (exact) mass is 368 g/mol. The van der Waals surface area contributed by atoms with E-state index in [1.54, 1.807) is 0 Å². The molecule has 2 fully saturated rings. The third kappa shape index (κ3) is 4.93. The van der Waals surface area contributed by atoms with Crippen molar-refractivity contribution in [1.82, 2.24) is 9.80 Å². The summed E-state index contributed by atoms with van der Waals surface area (Å²) in [5.74, 6) is 3.40. The van der Waals surface area contributed by atoms with E-state index in [4.69, 9.17) is 14.2 Å². The fourth-order valence-electron chi connectivity index (χ4n) is 3.68. The van der Waals surface area contributed by atoms with E-state index < -0.39 is 0 Å². The van der Waals surface area contributed by atoms with Gasteiger partial charge in [-0.3, -0.25) is 0 Å². The minimum atomic E-state index is 0.286. The van der Waals surface area contributed by atoms with Gasteiger partial charge in [-0.1, -0.05) is 0 Å². The van der Waals surface area contributed by atoms with Crippen molar-refractivity contribution < 1.29 is 14.2 Å². The van der Waals surface area contributed by atoms with Gasteiger partial charge in [-0.05, 0) is 75.5 Å². The van der Waals surface area contributed by atoms with Gasteiger partial charge >= 0.3 is 0 Å². The highest BCUT2D eigenvalue weighted by Gasteiger charge is 2.21. The Labute approximate surface area is 161 Å². The molecule has 2 atom stereocenters. The summed E-state index contributed by atoms with van der Waals surface area (Å²) >= 11 is 0. The SMILES string of the molecule is CN1CCC(Oc2ccc(Oc3ccc(OC4CCN(C)C4)cc3)cc2)C1. The maximum absolute atomic E-state index is 6.02. The van der Waals surface area contributed by atoms with Crippen LogP contribution in [-0.4, -0.2) is 62.3 Å². The van der Waals surface area contributed by atoms with Gasteiger partial charge in [0, 0.05) is 26.2 Å². The second-order valence-electron chi connectivity index (χ2n) is 7.63. The van der Waals surface area contributed by atoms with Crippen molar-refractivity contribution in [2.75, 3.05) is 40.3 Å². The predicted octanol–water partition coefficient (Wildman–Crippen LogP) is 3.64. The van der Waals surface area contributed by atoms with E-state index in [-0.39, 0.29) is 12.2 Å². The number of hydrogen-bond donors (Lipinski definition) is 0. The fraction of sp³-hybridized carbons (Fsp3) is 0.455. The molecule has 2 aromatic carbocycles. The Morgan fingerprint density at radius 3 is 1.33 bits per heavy atom. The van der Waals surface area contributed by atoms with Gasteiger partial charge in [-0.25, -0.2) is 0 Å². The summed E-state index contributed by atoms with van der Waals surface area (Å²) in [6, 6.07) is 15.7. The molecule has 27 heavy (non-hydrogen) atoms. The van der Waals surface area contributed by atoms with Crippen molar-refractivity contribution >= 4 is 0 Å². The molecule has 0 N–H and O–H groups in total. The fourth-order valence-corrected chi connectivity index (χ4v) is 3.68. The molecule has 2 unspecified atom stereocenters. The number of likely N-dealkylation sites (N-methyl/N-ethyl adjacent to an activating group) is 2. The summed E-state index contributed by atoms with van der Waals surface area (Å²) in [4.78, 5) is 4.58. The van der Waals surface area contributed by atoms with Crippen LogP contribution in [0.1, 0.15) is 12.8 Å². The maximum atomic E-state index is 6.02. The van der Waals surface area contributed by atoms with Gasteiger partial charge in [0.15, 0.2) is 0 Å². The molecule has 2 aromatic rings. The lowest BCUT2D eigenvalue weighted by atomic mass is 10.3. The summed E-state index contributed by atoms with van der Waals surface area (Å²) in [5, 5.41) is 0. The van der Waals surface area contributed by atoms with Crippen molar-refractivity contribution in [3.63, 3.8) is 0 Å². The molecule has 2 saturated heterocycles. The topological polar surface area (TPSA) is 34.2 Å². The average molecular weight is 368 g/mol. The van der Waals surface area contributed by atoms with E-state index in [0.29, 0.717) is 0 Å². The van der Waals surface area contributed by atoms with Gasteiger partial charge in [-0.15, -0.1) is 0 Å². The third-order valence-corrected chi connectivity index (χ3v) is 5.18. The Morgan fingerprint density at radius 2 is 1.00 bits per heavy atom. The van der Waals surface area contributed by atoms with E-state index in [9.17, 15) is 0 Å². The van der Waals surface area contributed by atoms with Crippen LogP contribution in [0.3, 0.4) is 0 Å². The van der Waals surface area contributed by atoms with Crippen molar-refractivity contribution in [2.24, 2.45) is 0 Å². The standard InChI is InChI=1S/C22H28N2O3/c1-23-13-11-21(15-23)26-19-7-3-17(4-8-19)25-18-5-9-20(10-6-18)27-22-12-14-24(2)16-22/h3-10,21-22H,11-16H2,1-2H3. The zero-order valence-corrected chi connectivity index (χ0v) is 16.1. The molecule has 0 amide bonds. The minimum absolute atomic E-state index is 0.286. The van der Waals surface area contributed by atoms with Gasteiger partial charge in [0.1, 0.15) is 35.2 Å². The molecule has 5 nitrogen and oxygen atoms in total. The van der Waals surface area contributed by atoms with Gasteiger partial charge in [0.2, 0.25) is 0 Å². The Hall–Kier alpha value is -2.24. The van der Waals surface area contributed by atoms with Crippen LogP contribution in [0, 0.1) is 0 Å².